The molecule has 0 aliphatic rings. The number of alkyl halides is 2. The van der Waals surface area contributed by atoms with E-state index in [4.69, 9.17) is 6.42 Å². The highest BCUT2D eigenvalue weighted by Crippen LogP contribution is 2.30. The lowest BCUT2D eigenvalue weighted by Crippen LogP contribution is -2.05. The van der Waals surface area contributed by atoms with Crippen molar-refractivity contribution in [3.8, 4) is 12.3 Å². The van der Waals surface area contributed by atoms with Gasteiger partial charge in [-0.1, -0.05) is 0 Å². The molecule has 1 rings (SSSR count). The average Bonchev–Trinajstić information content (AvgIpc) is 2.38. The molecule has 0 aromatic heterocycles. The van der Waals surface area contributed by atoms with Gasteiger partial charge in [0.15, 0.2) is 0 Å². The smallest absolute Gasteiger partial charge is 0.270 e. The third-order valence-corrected chi connectivity index (χ3v) is 2.54. The first kappa shape index (κ1) is 14.9. The van der Waals surface area contributed by atoms with Gasteiger partial charge in [-0.25, -0.2) is 8.78 Å². The molecule has 0 fully saturated rings. The molecule has 0 saturated carbocycles. The molecular formula is C13H14F2N2O2. The van der Waals surface area contributed by atoms with Crippen molar-refractivity contribution in [1.82, 2.24) is 0 Å². The molecule has 19 heavy (non-hydrogen) atoms. The van der Waals surface area contributed by atoms with Crippen molar-refractivity contribution in [3.05, 3.63) is 33.9 Å². The summed E-state index contributed by atoms with van der Waals surface area (Å²) in [4.78, 5) is 9.85. The number of unbranched alkanes of at least 4 members (excludes halogenated alkanes) is 2. The maximum atomic E-state index is 12.8. The molecule has 0 spiro atoms. The highest BCUT2D eigenvalue weighted by atomic mass is 19.3. The second-order valence-corrected chi connectivity index (χ2v) is 3.92. The van der Waals surface area contributed by atoms with E-state index in [9.17, 15) is 18.9 Å². The van der Waals surface area contributed by atoms with E-state index in [0.29, 0.717) is 13.0 Å². The summed E-state index contributed by atoms with van der Waals surface area (Å²) in [6, 6.07) is 3.41. The molecule has 0 saturated heterocycles. The van der Waals surface area contributed by atoms with Crippen LogP contribution in [0.2, 0.25) is 0 Å². The Morgan fingerprint density at radius 1 is 1.42 bits per heavy atom. The monoisotopic (exact) mass is 268 g/mol. The van der Waals surface area contributed by atoms with E-state index in [1.54, 1.807) is 0 Å². The van der Waals surface area contributed by atoms with Crippen molar-refractivity contribution in [2.75, 3.05) is 11.9 Å². The molecule has 1 aromatic carbocycles. The van der Waals surface area contributed by atoms with Gasteiger partial charge in [-0.3, -0.25) is 10.1 Å². The Morgan fingerprint density at radius 2 is 2.16 bits per heavy atom. The first-order valence-electron chi connectivity index (χ1n) is 5.80. The van der Waals surface area contributed by atoms with Crippen molar-refractivity contribution in [2.24, 2.45) is 0 Å². The van der Waals surface area contributed by atoms with Gasteiger partial charge in [-0.05, 0) is 18.9 Å². The van der Waals surface area contributed by atoms with Crippen molar-refractivity contribution < 1.29 is 13.7 Å². The average molecular weight is 268 g/mol. The van der Waals surface area contributed by atoms with Crippen LogP contribution in [0, 0.1) is 22.5 Å². The molecule has 6 heteroatoms. The van der Waals surface area contributed by atoms with Gasteiger partial charge in [0.25, 0.3) is 12.1 Å². The van der Waals surface area contributed by atoms with Gasteiger partial charge in [0.2, 0.25) is 0 Å². The molecule has 0 unspecified atom stereocenters. The zero-order valence-electron chi connectivity index (χ0n) is 10.2. The second kappa shape index (κ2) is 7.31. The van der Waals surface area contributed by atoms with E-state index in [1.807, 2.05) is 0 Å². The van der Waals surface area contributed by atoms with Crippen LogP contribution in [0.1, 0.15) is 31.3 Å². The Bertz CT molecular complexity index is 484. The molecule has 0 aliphatic carbocycles. The number of hydrogen-bond acceptors (Lipinski definition) is 3. The minimum Gasteiger partial charge on any atom is -0.385 e. The van der Waals surface area contributed by atoms with E-state index >= 15 is 0 Å². The summed E-state index contributed by atoms with van der Waals surface area (Å²) in [6.07, 6.45) is 4.54. The number of benzene rings is 1. The van der Waals surface area contributed by atoms with Crippen LogP contribution in [0.15, 0.2) is 18.2 Å². The number of anilines is 1. The molecule has 0 radical (unpaired) electrons. The fraction of sp³-hybridized carbons (Fsp3) is 0.385. The van der Waals surface area contributed by atoms with Crippen molar-refractivity contribution in [2.45, 2.75) is 25.7 Å². The minimum absolute atomic E-state index is 0.223. The maximum absolute atomic E-state index is 12.8. The summed E-state index contributed by atoms with van der Waals surface area (Å²) >= 11 is 0. The van der Waals surface area contributed by atoms with Gasteiger partial charge in [0.1, 0.15) is 0 Å². The third kappa shape index (κ3) is 4.54. The number of nitrogens with one attached hydrogen (secondary N) is 1. The van der Waals surface area contributed by atoms with Crippen LogP contribution in [0.25, 0.3) is 0 Å². The topological polar surface area (TPSA) is 55.2 Å². The van der Waals surface area contributed by atoms with Crippen LogP contribution in [0.5, 0.6) is 0 Å². The Balaban J connectivity index is 2.72. The first-order chi connectivity index (χ1) is 9.06. The van der Waals surface area contributed by atoms with Crippen LogP contribution < -0.4 is 5.32 Å². The Morgan fingerprint density at radius 3 is 2.74 bits per heavy atom. The molecule has 1 N–H and O–H groups in total. The number of halogens is 2. The Hall–Kier alpha value is -2.16. The predicted molar refractivity (Wildman–Crippen MR) is 69.2 cm³/mol. The van der Waals surface area contributed by atoms with Crippen LogP contribution in [0.3, 0.4) is 0 Å². The molecule has 102 valence electrons. The first-order valence-corrected chi connectivity index (χ1v) is 5.80. The number of nitro groups is 1. The maximum Gasteiger partial charge on any atom is 0.270 e. The highest BCUT2D eigenvalue weighted by Gasteiger charge is 2.17. The zero-order chi connectivity index (χ0) is 14.3. The van der Waals surface area contributed by atoms with Gasteiger partial charge in [0.05, 0.1) is 4.92 Å². The summed E-state index contributed by atoms with van der Waals surface area (Å²) in [5.41, 5.74) is -0.472. The van der Waals surface area contributed by atoms with Gasteiger partial charge >= 0.3 is 0 Å². The number of nitro benzene ring substituents is 1. The number of non-ortho nitro benzene ring substituents is 1. The lowest BCUT2D eigenvalue weighted by molar-refractivity contribution is -0.385. The van der Waals surface area contributed by atoms with Gasteiger partial charge < -0.3 is 5.32 Å². The van der Waals surface area contributed by atoms with Crippen LogP contribution in [0.4, 0.5) is 20.2 Å². The molecule has 0 amide bonds. The molecule has 0 heterocycles. The summed E-state index contributed by atoms with van der Waals surface area (Å²) in [5, 5.41) is 13.4. The molecule has 0 atom stereocenters. The Labute approximate surface area is 110 Å². The van der Waals surface area contributed by atoms with E-state index in [1.165, 1.54) is 12.1 Å². The standard InChI is InChI=1S/C13H14F2N2O2/c1-2-3-4-5-8-16-12-7-6-10(17(18)19)9-11(12)13(14)15/h1,6-7,9,13,16H,3-5,8H2. The van der Waals surface area contributed by atoms with Crippen LogP contribution in [-0.2, 0) is 0 Å². The lowest BCUT2D eigenvalue weighted by Gasteiger charge is -2.11. The van der Waals surface area contributed by atoms with E-state index < -0.39 is 11.3 Å². The second-order valence-electron chi connectivity index (χ2n) is 3.92. The predicted octanol–water partition coefficient (Wildman–Crippen LogP) is 3.75. The van der Waals surface area contributed by atoms with E-state index in [2.05, 4.69) is 11.2 Å². The van der Waals surface area contributed by atoms with Crippen LogP contribution in [-0.4, -0.2) is 11.5 Å². The molecule has 0 aliphatic heterocycles. The number of rotatable bonds is 7. The van der Waals surface area contributed by atoms with Crippen molar-refractivity contribution in [1.29, 1.82) is 0 Å². The van der Waals surface area contributed by atoms with E-state index in [0.717, 1.165) is 18.9 Å². The SMILES string of the molecule is C#CCCCCNc1ccc([N+](=O)[O-])cc1C(F)F. The fourth-order valence-electron chi connectivity index (χ4n) is 1.58. The normalized spacial score (nSPS) is 10.2. The number of nitrogens with zero attached hydrogens (tertiary/aromatic N) is 1. The summed E-state index contributed by atoms with van der Waals surface area (Å²) in [5.74, 6) is 2.49. The number of terminal acetylenes is 1. The molecule has 4 nitrogen and oxygen atoms in total. The Kier molecular flexibility index (Phi) is 5.73. The quantitative estimate of drug-likeness (QED) is 0.354. The molecule has 0 bridgehead atoms. The summed E-state index contributed by atoms with van der Waals surface area (Å²) in [6.45, 7) is 0.499. The summed E-state index contributed by atoms with van der Waals surface area (Å²) in [7, 11) is 0. The summed E-state index contributed by atoms with van der Waals surface area (Å²) < 4.78 is 25.6. The van der Waals surface area contributed by atoms with Gasteiger partial charge in [0, 0.05) is 36.3 Å². The lowest BCUT2D eigenvalue weighted by atomic mass is 10.1. The number of hydrogen-bond donors (Lipinski definition) is 1. The van der Waals surface area contributed by atoms with Gasteiger partial charge in [-0.2, -0.15) is 0 Å². The highest BCUT2D eigenvalue weighted by molar-refractivity contribution is 5.56. The van der Waals surface area contributed by atoms with E-state index in [-0.39, 0.29) is 16.9 Å². The minimum atomic E-state index is -2.76. The fourth-order valence-corrected chi connectivity index (χ4v) is 1.58. The largest absolute Gasteiger partial charge is 0.385 e. The van der Waals surface area contributed by atoms with Gasteiger partial charge in [-0.15, -0.1) is 12.3 Å². The molecular weight excluding hydrogens is 254 g/mol. The van der Waals surface area contributed by atoms with Crippen LogP contribution >= 0.6 is 0 Å². The molecule has 1 aromatic rings. The third-order valence-electron chi connectivity index (χ3n) is 2.54. The van der Waals surface area contributed by atoms with Crippen molar-refractivity contribution >= 4 is 11.4 Å². The zero-order valence-corrected chi connectivity index (χ0v) is 10.2. The van der Waals surface area contributed by atoms with Crippen molar-refractivity contribution in [3.63, 3.8) is 0 Å².